The lowest BCUT2D eigenvalue weighted by atomic mass is 10.3. The molecule has 2 heterocycles. The molecule has 0 atom stereocenters. The average molecular weight is 231 g/mol. The summed E-state index contributed by atoms with van der Waals surface area (Å²) in [5, 5.41) is 11.9. The third-order valence-corrected chi connectivity index (χ3v) is 2.64. The van der Waals surface area contributed by atoms with Crippen LogP contribution in [0, 0.1) is 12.7 Å². The van der Waals surface area contributed by atoms with Crippen molar-refractivity contribution in [1.82, 2.24) is 20.0 Å². The van der Waals surface area contributed by atoms with Gasteiger partial charge in [-0.15, -0.1) is 0 Å². The van der Waals surface area contributed by atoms with Gasteiger partial charge in [0.1, 0.15) is 11.6 Å². The third kappa shape index (κ3) is 1.37. The SMILES string of the molecule is Cc1nn(-c2cccc(F)c2)c2n[nH]c(N)c12. The highest BCUT2D eigenvalue weighted by Crippen LogP contribution is 2.24. The number of fused-ring (bicyclic) bond motifs is 1. The lowest BCUT2D eigenvalue weighted by Crippen LogP contribution is -1.98. The molecule has 0 fully saturated rings. The fourth-order valence-corrected chi connectivity index (χ4v) is 1.89. The molecule has 0 radical (unpaired) electrons. The second kappa shape index (κ2) is 3.31. The maximum atomic E-state index is 13.2. The molecule has 0 aliphatic heterocycles. The smallest absolute Gasteiger partial charge is 0.186 e. The Hall–Kier alpha value is -2.37. The molecule has 3 aromatic rings. The molecule has 0 unspecified atom stereocenters. The van der Waals surface area contributed by atoms with Crippen molar-refractivity contribution in [2.24, 2.45) is 0 Å². The quantitative estimate of drug-likeness (QED) is 0.670. The molecule has 0 spiro atoms. The van der Waals surface area contributed by atoms with Crippen molar-refractivity contribution in [3.8, 4) is 5.69 Å². The fourth-order valence-electron chi connectivity index (χ4n) is 1.89. The maximum absolute atomic E-state index is 13.2. The van der Waals surface area contributed by atoms with Crippen LogP contribution in [-0.4, -0.2) is 20.0 Å². The van der Waals surface area contributed by atoms with Crippen LogP contribution in [0.4, 0.5) is 10.2 Å². The second-order valence-electron chi connectivity index (χ2n) is 3.81. The Bertz CT molecular complexity index is 697. The van der Waals surface area contributed by atoms with Gasteiger partial charge in [0, 0.05) is 0 Å². The Balaban J connectivity index is 2.31. The second-order valence-corrected chi connectivity index (χ2v) is 3.81. The first kappa shape index (κ1) is 9.83. The lowest BCUT2D eigenvalue weighted by Gasteiger charge is -2.00. The number of aromatic nitrogens is 4. The van der Waals surface area contributed by atoms with Gasteiger partial charge in [-0.3, -0.25) is 5.10 Å². The predicted molar refractivity (Wildman–Crippen MR) is 62.3 cm³/mol. The number of nitrogens with zero attached hydrogens (tertiary/aromatic N) is 3. The minimum Gasteiger partial charge on any atom is -0.383 e. The van der Waals surface area contributed by atoms with E-state index >= 15 is 0 Å². The molecule has 5 nitrogen and oxygen atoms in total. The van der Waals surface area contributed by atoms with Crippen molar-refractivity contribution in [2.45, 2.75) is 6.92 Å². The van der Waals surface area contributed by atoms with Gasteiger partial charge >= 0.3 is 0 Å². The molecule has 0 aliphatic rings. The summed E-state index contributed by atoms with van der Waals surface area (Å²) >= 11 is 0. The van der Waals surface area contributed by atoms with E-state index in [1.54, 1.807) is 16.8 Å². The maximum Gasteiger partial charge on any atom is 0.186 e. The van der Waals surface area contributed by atoms with E-state index in [1.807, 2.05) is 6.92 Å². The van der Waals surface area contributed by atoms with Gasteiger partial charge in [-0.1, -0.05) is 6.07 Å². The zero-order chi connectivity index (χ0) is 12.0. The van der Waals surface area contributed by atoms with Crippen molar-refractivity contribution in [1.29, 1.82) is 0 Å². The van der Waals surface area contributed by atoms with E-state index in [0.29, 0.717) is 17.2 Å². The summed E-state index contributed by atoms with van der Waals surface area (Å²) in [4.78, 5) is 0. The minimum atomic E-state index is -0.313. The monoisotopic (exact) mass is 231 g/mol. The average Bonchev–Trinajstić information content (AvgIpc) is 2.82. The summed E-state index contributed by atoms with van der Waals surface area (Å²) in [5.74, 6) is 0.160. The van der Waals surface area contributed by atoms with Gasteiger partial charge in [-0.05, 0) is 25.1 Å². The van der Waals surface area contributed by atoms with E-state index in [-0.39, 0.29) is 5.82 Å². The van der Waals surface area contributed by atoms with Crippen LogP contribution in [0.1, 0.15) is 5.69 Å². The van der Waals surface area contributed by atoms with Crippen LogP contribution in [0.2, 0.25) is 0 Å². The van der Waals surface area contributed by atoms with Gasteiger partial charge in [0.25, 0.3) is 0 Å². The van der Waals surface area contributed by atoms with Crippen LogP contribution < -0.4 is 5.73 Å². The zero-order valence-electron chi connectivity index (χ0n) is 9.11. The number of rotatable bonds is 1. The largest absolute Gasteiger partial charge is 0.383 e. The molecular weight excluding hydrogens is 221 g/mol. The van der Waals surface area contributed by atoms with Crippen molar-refractivity contribution >= 4 is 16.9 Å². The van der Waals surface area contributed by atoms with Crippen molar-refractivity contribution in [2.75, 3.05) is 5.73 Å². The van der Waals surface area contributed by atoms with Gasteiger partial charge in [-0.2, -0.15) is 10.2 Å². The number of anilines is 1. The first-order chi connectivity index (χ1) is 8.16. The molecule has 6 heteroatoms. The zero-order valence-corrected chi connectivity index (χ0v) is 9.11. The molecule has 0 amide bonds. The highest BCUT2D eigenvalue weighted by molar-refractivity contribution is 5.89. The summed E-state index contributed by atoms with van der Waals surface area (Å²) < 4.78 is 14.7. The number of halogens is 1. The van der Waals surface area contributed by atoms with Gasteiger partial charge < -0.3 is 5.73 Å². The van der Waals surface area contributed by atoms with E-state index in [2.05, 4.69) is 15.3 Å². The molecular formula is C11H10FN5. The van der Waals surface area contributed by atoms with Crippen LogP contribution in [0.25, 0.3) is 16.7 Å². The Morgan fingerprint density at radius 2 is 2.24 bits per heavy atom. The van der Waals surface area contributed by atoms with E-state index in [0.717, 1.165) is 11.1 Å². The summed E-state index contributed by atoms with van der Waals surface area (Å²) in [6.45, 7) is 1.84. The molecule has 0 aliphatic carbocycles. The number of nitrogens with one attached hydrogen (secondary N) is 1. The number of nitrogens with two attached hydrogens (primary N) is 1. The molecule has 3 N–H and O–H groups in total. The Morgan fingerprint density at radius 1 is 1.41 bits per heavy atom. The fraction of sp³-hybridized carbons (Fsp3) is 0.0909. The lowest BCUT2D eigenvalue weighted by molar-refractivity contribution is 0.625. The molecule has 3 rings (SSSR count). The van der Waals surface area contributed by atoms with Crippen LogP contribution >= 0.6 is 0 Å². The number of hydrogen-bond acceptors (Lipinski definition) is 3. The number of hydrogen-bond donors (Lipinski definition) is 2. The number of aromatic amines is 1. The summed E-state index contributed by atoms with van der Waals surface area (Å²) in [6.07, 6.45) is 0. The highest BCUT2D eigenvalue weighted by atomic mass is 19.1. The van der Waals surface area contributed by atoms with Crippen LogP contribution in [0.3, 0.4) is 0 Å². The van der Waals surface area contributed by atoms with Crippen LogP contribution in [0.15, 0.2) is 24.3 Å². The molecule has 0 bridgehead atoms. The van der Waals surface area contributed by atoms with E-state index in [1.165, 1.54) is 12.1 Å². The van der Waals surface area contributed by atoms with Crippen LogP contribution in [0.5, 0.6) is 0 Å². The Morgan fingerprint density at radius 3 is 3.00 bits per heavy atom. The van der Waals surface area contributed by atoms with Crippen molar-refractivity contribution < 1.29 is 4.39 Å². The molecule has 1 aromatic carbocycles. The number of H-pyrrole nitrogens is 1. The topological polar surface area (TPSA) is 72.5 Å². The van der Waals surface area contributed by atoms with E-state index in [4.69, 9.17) is 5.73 Å². The first-order valence-electron chi connectivity index (χ1n) is 5.12. The molecule has 0 saturated heterocycles. The van der Waals surface area contributed by atoms with Gasteiger partial charge in [0.05, 0.1) is 16.8 Å². The van der Waals surface area contributed by atoms with E-state index < -0.39 is 0 Å². The molecule has 17 heavy (non-hydrogen) atoms. The number of nitrogen functional groups attached to an aromatic ring is 1. The third-order valence-electron chi connectivity index (χ3n) is 2.64. The molecule has 2 aromatic heterocycles. The summed E-state index contributed by atoms with van der Waals surface area (Å²) in [6, 6.07) is 6.18. The number of aryl methyl sites for hydroxylation is 1. The highest BCUT2D eigenvalue weighted by Gasteiger charge is 2.14. The Labute approximate surface area is 96.0 Å². The van der Waals surface area contributed by atoms with Crippen molar-refractivity contribution in [3.63, 3.8) is 0 Å². The van der Waals surface area contributed by atoms with Gasteiger partial charge in [0.2, 0.25) is 0 Å². The minimum absolute atomic E-state index is 0.313. The van der Waals surface area contributed by atoms with Crippen molar-refractivity contribution in [3.05, 3.63) is 35.8 Å². The normalized spacial score (nSPS) is 11.2. The summed E-state index contributed by atoms with van der Waals surface area (Å²) in [7, 11) is 0. The molecule has 0 saturated carbocycles. The number of benzene rings is 1. The first-order valence-corrected chi connectivity index (χ1v) is 5.12. The van der Waals surface area contributed by atoms with Crippen LogP contribution in [-0.2, 0) is 0 Å². The molecule has 86 valence electrons. The Kier molecular flexibility index (Phi) is 1.91. The summed E-state index contributed by atoms with van der Waals surface area (Å²) in [5.41, 5.74) is 7.74. The van der Waals surface area contributed by atoms with E-state index in [9.17, 15) is 4.39 Å². The van der Waals surface area contributed by atoms with Gasteiger partial charge in [-0.25, -0.2) is 9.07 Å². The van der Waals surface area contributed by atoms with Gasteiger partial charge in [0.15, 0.2) is 5.65 Å². The predicted octanol–water partition coefficient (Wildman–Crippen LogP) is 1.78. The standard InChI is InChI=1S/C11H10FN5/c1-6-9-10(13)14-15-11(9)17(16-6)8-4-2-3-7(12)5-8/h2-5H,1H3,(H3,13,14,15).